The molecule has 0 rings (SSSR count). The van der Waals surface area contributed by atoms with Crippen LogP contribution in [0.15, 0.2) is 0 Å². The molecule has 0 aromatic carbocycles. The number of unbranched alkanes of at least 4 members (excludes halogenated alkanes) is 25. The largest absolute Gasteiger partial charge is 0.345 e. The van der Waals surface area contributed by atoms with Gasteiger partial charge in [-0.25, -0.2) is 0 Å². The zero-order chi connectivity index (χ0) is 29.4. The molecule has 0 heterocycles. The van der Waals surface area contributed by atoms with Gasteiger partial charge in [-0.05, 0) is 31.8 Å². The minimum absolute atomic E-state index is 0.335. The lowest BCUT2D eigenvalue weighted by atomic mass is 10.0. The Morgan fingerprint density at radius 3 is 1.23 bits per heavy atom. The first-order valence-electron chi connectivity index (χ1n) is 18.6. The lowest BCUT2D eigenvalue weighted by Crippen LogP contribution is -2.35. The number of hydrogen-bond donors (Lipinski definition) is 1. The fourth-order valence-corrected chi connectivity index (χ4v) is 5.91. The summed E-state index contributed by atoms with van der Waals surface area (Å²) in [5.74, 6) is 0.856. The summed E-state index contributed by atoms with van der Waals surface area (Å²) in [6.45, 7) is 9.88. The predicted octanol–water partition coefficient (Wildman–Crippen LogP) is 11.6. The molecule has 1 N–H and O–H groups in total. The Balaban J connectivity index is 3.39. The molecule has 40 heavy (non-hydrogen) atoms. The molecule has 0 fully saturated rings. The zero-order valence-electron chi connectivity index (χ0n) is 28.4. The molecule has 0 aliphatic carbocycles. The van der Waals surface area contributed by atoms with Crippen molar-refractivity contribution in [2.75, 3.05) is 26.7 Å². The Bertz CT molecular complexity index is 495. The van der Waals surface area contributed by atoms with E-state index in [1.807, 2.05) is 11.9 Å². The van der Waals surface area contributed by atoms with Crippen LogP contribution >= 0.6 is 0 Å². The van der Waals surface area contributed by atoms with E-state index in [0.29, 0.717) is 11.8 Å². The molecular weight excluding hydrogens is 488 g/mol. The molecule has 0 aromatic heterocycles. The van der Waals surface area contributed by atoms with E-state index >= 15 is 0 Å². The monoisotopic (exact) mass is 565 g/mol. The number of carbonyl (C=O) groups is 1. The van der Waals surface area contributed by atoms with Gasteiger partial charge in [0.15, 0.2) is 0 Å². The smallest absolute Gasteiger partial charge is 0.222 e. The van der Waals surface area contributed by atoms with Crippen LogP contribution in [0.1, 0.15) is 201 Å². The average molecular weight is 565 g/mol. The summed E-state index contributed by atoms with van der Waals surface area (Å²) in [5, 5.41) is 3.63. The summed E-state index contributed by atoms with van der Waals surface area (Å²) in [6.07, 6.45) is 38.2. The van der Waals surface area contributed by atoms with Crippen molar-refractivity contribution in [2.24, 2.45) is 5.92 Å². The molecule has 0 saturated heterocycles. The second-order valence-electron chi connectivity index (χ2n) is 13.2. The molecule has 0 radical (unpaired) electrons. The molecule has 0 aliphatic heterocycles. The second-order valence-corrected chi connectivity index (χ2v) is 13.2. The number of nitrogens with zero attached hydrogens (tertiary/aromatic N) is 1. The summed E-state index contributed by atoms with van der Waals surface area (Å²) < 4.78 is 0. The highest BCUT2D eigenvalue weighted by Gasteiger charge is 2.12. The van der Waals surface area contributed by atoms with Gasteiger partial charge in [0.1, 0.15) is 0 Å². The van der Waals surface area contributed by atoms with E-state index in [9.17, 15) is 4.79 Å². The topological polar surface area (TPSA) is 32.3 Å². The molecule has 3 nitrogen and oxygen atoms in total. The van der Waals surface area contributed by atoms with Crippen LogP contribution in [0.2, 0.25) is 0 Å². The molecule has 1 unspecified atom stereocenters. The van der Waals surface area contributed by atoms with E-state index in [0.717, 1.165) is 32.5 Å². The van der Waals surface area contributed by atoms with Crippen molar-refractivity contribution in [1.29, 1.82) is 0 Å². The van der Waals surface area contributed by atoms with E-state index in [1.165, 1.54) is 167 Å². The molecular formula is C37H76N2O. The summed E-state index contributed by atoms with van der Waals surface area (Å²) in [4.78, 5) is 14.5. The van der Waals surface area contributed by atoms with Crippen LogP contribution in [0.4, 0.5) is 0 Å². The first-order valence-corrected chi connectivity index (χ1v) is 18.6. The van der Waals surface area contributed by atoms with E-state index < -0.39 is 0 Å². The van der Waals surface area contributed by atoms with Crippen molar-refractivity contribution in [3.63, 3.8) is 0 Å². The van der Waals surface area contributed by atoms with Crippen LogP contribution in [-0.4, -0.2) is 37.5 Å². The zero-order valence-corrected chi connectivity index (χ0v) is 28.4. The fourth-order valence-electron chi connectivity index (χ4n) is 5.91. The molecule has 0 aromatic rings. The third-order valence-electron chi connectivity index (χ3n) is 8.71. The maximum atomic E-state index is 12.5. The third-order valence-corrected chi connectivity index (χ3v) is 8.71. The Labute approximate surface area is 253 Å². The summed E-state index contributed by atoms with van der Waals surface area (Å²) in [5.41, 5.74) is 0. The van der Waals surface area contributed by atoms with Gasteiger partial charge in [-0.2, -0.15) is 0 Å². The second kappa shape index (κ2) is 32.9. The molecule has 3 heteroatoms. The number of rotatable bonds is 33. The van der Waals surface area contributed by atoms with Crippen molar-refractivity contribution in [2.45, 2.75) is 201 Å². The summed E-state index contributed by atoms with van der Waals surface area (Å²) >= 11 is 0. The van der Waals surface area contributed by atoms with Gasteiger partial charge in [0.2, 0.25) is 5.91 Å². The Kier molecular flexibility index (Phi) is 32.5. The SMILES string of the molecule is CCCCCCCCCCCCCCCCNCC(C)CN(C)C(=O)CCCCCCCCCCCCCCC. The van der Waals surface area contributed by atoms with Gasteiger partial charge < -0.3 is 10.2 Å². The molecule has 0 saturated carbocycles. The van der Waals surface area contributed by atoms with Crippen molar-refractivity contribution in [3.05, 3.63) is 0 Å². The van der Waals surface area contributed by atoms with Gasteiger partial charge in [0.25, 0.3) is 0 Å². The van der Waals surface area contributed by atoms with Crippen LogP contribution in [0, 0.1) is 5.92 Å². The highest BCUT2D eigenvalue weighted by molar-refractivity contribution is 5.75. The minimum atomic E-state index is 0.335. The first-order chi connectivity index (χ1) is 19.6. The van der Waals surface area contributed by atoms with Gasteiger partial charge in [-0.15, -0.1) is 0 Å². The van der Waals surface area contributed by atoms with Crippen molar-refractivity contribution < 1.29 is 4.79 Å². The van der Waals surface area contributed by atoms with Gasteiger partial charge >= 0.3 is 0 Å². The van der Waals surface area contributed by atoms with Crippen LogP contribution in [0.3, 0.4) is 0 Å². The predicted molar refractivity (Wildman–Crippen MR) is 180 cm³/mol. The van der Waals surface area contributed by atoms with E-state index in [4.69, 9.17) is 0 Å². The van der Waals surface area contributed by atoms with E-state index in [1.54, 1.807) is 0 Å². The summed E-state index contributed by atoms with van der Waals surface area (Å²) in [7, 11) is 1.99. The number of amides is 1. The van der Waals surface area contributed by atoms with Crippen LogP contribution in [0.5, 0.6) is 0 Å². The quantitative estimate of drug-likeness (QED) is 0.0804. The van der Waals surface area contributed by atoms with Crippen molar-refractivity contribution in [1.82, 2.24) is 10.2 Å². The standard InChI is InChI=1S/C37H76N2O/c1-5-7-9-11-13-15-17-19-21-23-25-27-29-31-33-38-34-36(3)35-39(4)37(40)32-30-28-26-24-22-20-18-16-14-12-10-8-6-2/h36,38H,5-35H2,1-4H3. The van der Waals surface area contributed by atoms with E-state index in [2.05, 4.69) is 26.1 Å². The maximum absolute atomic E-state index is 12.5. The maximum Gasteiger partial charge on any atom is 0.222 e. The first kappa shape index (κ1) is 39.4. The third kappa shape index (κ3) is 30.4. The minimum Gasteiger partial charge on any atom is -0.345 e. The Hall–Kier alpha value is -0.570. The van der Waals surface area contributed by atoms with Gasteiger partial charge in [0.05, 0.1) is 0 Å². The molecule has 1 amide bonds. The van der Waals surface area contributed by atoms with Gasteiger partial charge in [-0.1, -0.05) is 181 Å². The molecule has 0 spiro atoms. The normalized spacial score (nSPS) is 12.2. The van der Waals surface area contributed by atoms with Gasteiger partial charge in [-0.3, -0.25) is 4.79 Å². The average Bonchev–Trinajstić information content (AvgIpc) is 2.95. The van der Waals surface area contributed by atoms with Crippen LogP contribution in [0.25, 0.3) is 0 Å². The number of carbonyl (C=O) groups excluding carboxylic acids is 1. The Morgan fingerprint density at radius 1 is 0.525 bits per heavy atom. The van der Waals surface area contributed by atoms with E-state index in [-0.39, 0.29) is 0 Å². The van der Waals surface area contributed by atoms with Gasteiger partial charge in [0, 0.05) is 20.0 Å². The Morgan fingerprint density at radius 2 is 0.850 bits per heavy atom. The highest BCUT2D eigenvalue weighted by atomic mass is 16.2. The molecule has 0 aliphatic rings. The molecule has 240 valence electrons. The van der Waals surface area contributed by atoms with Crippen molar-refractivity contribution >= 4 is 5.91 Å². The summed E-state index contributed by atoms with van der Waals surface area (Å²) in [6, 6.07) is 0. The lowest BCUT2D eigenvalue weighted by molar-refractivity contribution is -0.130. The fraction of sp³-hybridized carbons (Fsp3) is 0.973. The highest BCUT2D eigenvalue weighted by Crippen LogP contribution is 2.14. The lowest BCUT2D eigenvalue weighted by Gasteiger charge is -2.22. The van der Waals surface area contributed by atoms with Crippen LogP contribution < -0.4 is 5.32 Å². The van der Waals surface area contributed by atoms with Crippen molar-refractivity contribution in [3.8, 4) is 0 Å². The number of nitrogens with one attached hydrogen (secondary N) is 1. The molecule has 1 atom stereocenters. The molecule has 0 bridgehead atoms. The number of hydrogen-bond acceptors (Lipinski definition) is 2. The van der Waals surface area contributed by atoms with Crippen LogP contribution in [-0.2, 0) is 4.79 Å².